The molecule has 158 valence electrons. The smallest absolute Gasteiger partial charge is 0.252 e. The lowest BCUT2D eigenvalue weighted by molar-refractivity contribution is 0.100. The fourth-order valence-corrected chi connectivity index (χ4v) is 3.10. The van der Waals surface area contributed by atoms with E-state index in [-0.39, 0.29) is 17.1 Å². The van der Waals surface area contributed by atoms with E-state index in [2.05, 4.69) is 31.5 Å². The van der Waals surface area contributed by atoms with E-state index in [4.69, 9.17) is 12.2 Å². The average molecular weight is 437 g/mol. The summed E-state index contributed by atoms with van der Waals surface area (Å²) in [4.78, 5) is 24.4. The number of nitrogens with one attached hydrogen (secondary N) is 2. The van der Waals surface area contributed by atoms with Crippen molar-refractivity contribution in [1.29, 1.82) is 0 Å². The van der Waals surface area contributed by atoms with Gasteiger partial charge in [-0.1, -0.05) is 5.92 Å². The zero-order valence-electron chi connectivity index (χ0n) is 16.7. The molecular formula is C20H19N7O3S. The number of benzene rings is 1. The van der Waals surface area contributed by atoms with Gasteiger partial charge in [0.15, 0.2) is 0 Å². The highest BCUT2D eigenvalue weighted by Gasteiger charge is 2.19. The maximum Gasteiger partial charge on any atom is 0.252 e. The van der Waals surface area contributed by atoms with Crippen molar-refractivity contribution in [2.24, 2.45) is 5.73 Å². The molecule has 0 aliphatic carbocycles. The number of sulfonamides is 1. The Labute approximate surface area is 179 Å². The molecule has 0 unspecified atom stereocenters. The Hall–Kier alpha value is -4.17. The minimum absolute atomic E-state index is 0.105. The van der Waals surface area contributed by atoms with Gasteiger partial charge in [0.1, 0.15) is 11.6 Å². The van der Waals surface area contributed by atoms with Crippen molar-refractivity contribution in [2.75, 3.05) is 28.2 Å². The maximum absolute atomic E-state index is 12.1. The number of hydrogen-bond acceptors (Lipinski definition) is 8. The van der Waals surface area contributed by atoms with Crippen LogP contribution >= 0.6 is 0 Å². The van der Waals surface area contributed by atoms with Crippen LogP contribution < -0.4 is 20.7 Å². The maximum atomic E-state index is 12.1. The van der Waals surface area contributed by atoms with Crippen LogP contribution in [-0.2, 0) is 10.0 Å². The minimum Gasteiger partial charge on any atom is -0.365 e. The number of aromatic nitrogens is 3. The summed E-state index contributed by atoms with van der Waals surface area (Å²) in [6, 6.07) is 9.46. The molecule has 0 fully saturated rings. The van der Waals surface area contributed by atoms with Gasteiger partial charge in [0.2, 0.25) is 16.0 Å². The van der Waals surface area contributed by atoms with E-state index in [0.29, 0.717) is 23.0 Å². The number of carbonyl (C=O) groups excluding carboxylic acids is 1. The third-order valence-electron chi connectivity index (χ3n) is 4.22. The van der Waals surface area contributed by atoms with Crippen LogP contribution in [0.3, 0.4) is 0 Å². The molecule has 3 rings (SSSR count). The molecule has 0 radical (unpaired) electrons. The molecular weight excluding hydrogens is 418 g/mol. The van der Waals surface area contributed by atoms with Gasteiger partial charge in [0, 0.05) is 25.0 Å². The summed E-state index contributed by atoms with van der Waals surface area (Å²) < 4.78 is 25.3. The van der Waals surface area contributed by atoms with Gasteiger partial charge in [-0.2, -0.15) is 0 Å². The topological polar surface area (TPSA) is 143 Å². The molecule has 0 aliphatic rings. The third kappa shape index (κ3) is 5.06. The summed E-state index contributed by atoms with van der Waals surface area (Å²) >= 11 is 0. The Morgan fingerprint density at radius 3 is 2.48 bits per heavy atom. The van der Waals surface area contributed by atoms with Crippen molar-refractivity contribution in [3.63, 3.8) is 0 Å². The van der Waals surface area contributed by atoms with E-state index in [1.165, 1.54) is 19.2 Å². The molecule has 0 spiro atoms. The van der Waals surface area contributed by atoms with Gasteiger partial charge in [-0.15, -0.1) is 6.42 Å². The zero-order valence-corrected chi connectivity index (χ0v) is 17.5. The molecule has 0 saturated carbocycles. The highest BCUT2D eigenvalue weighted by Crippen LogP contribution is 2.32. The summed E-state index contributed by atoms with van der Waals surface area (Å²) in [5.74, 6) is 2.52. The standard InChI is InChI=1S/C20H19N7O3S/c1-4-13-6-8-15(16(12-13)27(2)31(3,29)30)24-19-14(18(21)28)7-9-17(25-19)26-20-22-10-5-11-23-20/h1,5-12H,2-3H3,(H2,21,28)(H2,22,23,24,25,26). The van der Waals surface area contributed by atoms with Gasteiger partial charge >= 0.3 is 0 Å². The Bertz CT molecular complexity index is 1270. The van der Waals surface area contributed by atoms with Crippen molar-refractivity contribution in [3.8, 4) is 12.3 Å². The lowest BCUT2D eigenvalue weighted by Gasteiger charge is -2.22. The van der Waals surface area contributed by atoms with E-state index < -0.39 is 15.9 Å². The monoisotopic (exact) mass is 437 g/mol. The van der Waals surface area contributed by atoms with E-state index in [9.17, 15) is 13.2 Å². The second-order valence-electron chi connectivity index (χ2n) is 6.39. The predicted octanol–water partition coefficient (Wildman–Crippen LogP) is 1.83. The molecule has 0 saturated heterocycles. The highest BCUT2D eigenvalue weighted by atomic mass is 32.2. The summed E-state index contributed by atoms with van der Waals surface area (Å²) in [5.41, 5.74) is 6.71. The number of nitrogens with zero attached hydrogens (tertiary/aromatic N) is 4. The molecule has 1 aromatic carbocycles. The first kappa shape index (κ1) is 21.5. The molecule has 3 aromatic rings. The van der Waals surface area contributed by atoms with Crippen molar-refractivity contribution < 1.29 is 13.2 Å². The molecule has 0 bridgehead atoms. The molecule has 2 heterocycles. The molecule has 0 atom stereocenters. The molecule has 0 aliphatic heterocycles. The number of rotatable bonds is 7. The number of carbonyl (C=O) groups is 1. The first-order valence-corrected chi connectivity index (χ1v) is 10.7. The second kappa shape index (κ2) is 8.68. The largest absolute Gasteiger partial charge is 0.365 e. The summed E-state index contributed by atoms with van der Waals surface area (Å²) in [6.45, 7) is 0. The minimum atomic E-state index is -3.59. The SMILES string of the molecule is C#Cc1ccc(Nc2nc(Nc3ncccn3)ccc2C(N)=O)c(N(C)S(C)(=O)=O)c1. The number of primary amides is 1. The number of pyridine rings is 1. The van der Waals surface area contributed by atoms with Gasteiger partial charge in [-0.05, 0) is 36.4 Å². The van der Waals surface area contributed by atoms with Crippen molar-refractivity contribution in [2.45, 2.75) is 0 Å². The second-order valence-corrected chi connectivity index (χ2v) is 8.40. The van der Waals surface area contributed by atoms with E-state index >= 15 is 0 Å². The Kier molecular flexibility index (Phi) is 6.03. The van der Waals surface area contributed by atoms with Crippen molar-refractivity contribution >= 4 is 44.9 Å². The predicted molar refractivity (Wildman–Crippen MR) is 119 cm³/mol. The highest BCUT2D eigenvalue weighted by molar-refractivity contribution is 7.92. The van der Waals surface area contributed by atoms with Gasteiger partial charge in [0.05, 0.1) is 23.2 Å². The van der Waals surface area contributed by atoms with Gasteiger partial charge in [-0.3, -0.25) is 9.10 Å². The van der Waals surface area contributed by atoms with Crippen LogP contribution in [0, 0.1) is 12.3 Å². The van der Waals surface area contributed by atoms with E-state index in [1.54, 1.807) is 36.7 Å². The lowest BCUT2D eigenvalue weighted by Crippen LogP contribution is -2.26. The summed E-state index contributed by atoms with van der Waals surface area (Å²) in [5, 5.41) is 5.90. The van der Waals surface area contributed by atoms with Crippen LogP contribution in [0.15, 0.2) is 48.8 Å². The first-order valence-electron chi connectivity index (χ1n) is 8.85. The van der Waals surface area contributed by atoms with Gasteiger partial charge < -0.3 is 16.4 Å². The molecule has 31 heavy (non-hydrogen) atoms. The van der Waals surface area contributed by atoms with Crippen LogP contribution in [-0.4, -0.2) is 42.6 Å². The Morgan fingerprint density at radius 2 is 1.87 bits per heavy atom. The Balaban J connectivity index is 2.06. The molecule has 10 nitrogen and oxygen atoms in total. The van der Waals surface area contributed by atoms with Crippen LogP contribution in [0.4, 0.5) is 29.0 Å². The average Bonchev–Trinajstić information content (AvgIpc) is 2.73. The summed E-state index contributed by atoms with van der Waals surface area (Å²) in [6.07, 6.45) is 9.65. The van der Waals surface area contributed by atoms with Crippen LogP contribution in [0.5, 0.6) is 0 Å². The number of amides is 1. The normalized spacial score (nSPS) is 10.7. The van der Waals surface area contributed by atoms with Gasteiger partial charge in [-0.25, -0.2) is 23.4 Å². The number of hydrogen-bond donors (Lipinski definition) is 3. The lowest BCUT2D eigenvalue weighted by atomic mass is 10.1. The fourth-order valence-electron chi connectivity index (χ4n) is 2.59. The molecule has 11 heteroatoms. The van der Waals surface area contributed by atoms with Crippen LogP contribution in [0.2, 0.25) is 0 Å². The number of terminal acetylenes is 1. The van der Waals surface area contributed by atoms with Crippen LogP contribution in [0.1, 0.15) is 15.9 Å². The fraction of sp³-hybridized carbons (Fsp3) is 0.100. The third-order valence-corrected chi connectivity index (χ3v) is 5.41. The van der Waals surface area contributed by atoms with E-state index in [0.717, 1.165) is 10.6 Å². The van der Waals surface area contributed by atoms with Crippen LogP contribution in [0.25, 0.3) is 0 Å². The van der Waals surface area contributed by atoms with Crippen molar-refractivity contribution in [1.82, 2.24) is 15.0 Å². The van der Waals surface area contributed by atoms with Gasteiger partial charge in [0.25, 0.3) is 5.91 Å². The first-order chi connectivity index (χ1) is 14.7. The molecule has 2 aromatic heterocycles. The molecule has 1 amide bonds. The number of anilines is 5. The summed E-state index contributed by atoms with van der Waals surface area (Å²) in [7, 11) is -2.19. The Morgan fingerprint density at radius 1 is 1.16 bits per heavy atom. The quantitative estimate of drug-likeness (QED) is 0.475. The molecule has 4 N–H and O–H groups in total. The number of nitrogens with two attached hydrogens (primary N) is 1. The zero-order chi connectivity index (χ0) is 22.6. The van der Waals surface area contributed by atoms with E-state index in [1.807, 2.05) is 0 Å². The van der Waals surface area contributed by atoms with Crippen molar-refractivity contribution in [3.05, 3.63) is 59.9 Å².